The number of thioether (sulfide) groups is 1. The van der Waals surface area contributed by atoms with Crippen molar-refractivity contribution >= 4 is 29.4 Å². The highest BCUT2D eigenvalue weighted by Crippen LogP contribution is 2.38. The van der Waals surface area contributed by atoms with Crippen LogP contribution in [0.5, 0.6) is 0 Å². The first-order valence-corrected chi connectivity index (χ1v) is 11.4. The highest BCUT2D eigenvalue weighted by molar-refractivity contribution is 8.00. The molecule has 0 saturated carbocycles. The van der Waals surface area contributed by atoms with Crippen molar-refractivity contribution in [1.82, 2.24) is 10.3 Å². The molecule has 2 heterocycles. The minimum atomic E-state index is -1.06. The molecular weight excluding hydrogens is 489 g/mol. The molecule has 0 radical (unpaired) electrons. The molecule has 1 unspecified atom stereocenters. The number of pyridine rings is 1. The number of nitrogens with one attached hydrogen (secondary N) is 1. The molecule has 11 heteroatoms. The molecule has 3 aromatic rings. The minimum absolute atomic E-state index is 0.0674. The van der Waals surface area contributed by atoms with Crippen molar-refractivity contribution in [3.63, 3.8) is 0 Å². The lowest BCUT2D eigenvalue weighted by atomic mass is 10.1. The van der Waals surface area contributed by atoms with Gasteiger partial charge in [-0.15, -0.1) is 11.8 Å². The van der Waals surface area contributed by atoms with E-state index in [1.807, 2.05) is 0 Å². The second-order valence-electron chi connectivity index (χ2n) is 7.83. The number of carbonyl (C=O) groups excluding carboxylic acids is 2. The van der Waals surface area contributed by atoms with E-state index in [-0.39, 0.29) is 48.1 Å². The maximum absolute atomic E-state index is 13.8. The SMILES string of the molecule is CC1Sc2ccc(C(=O)NCCc3c(F)cc(F)cc3F)nc2N(Cc2cc(F)cc(F)c2)C1=O. The van der Waals surface area contributed by atoms with Crippen LogP contribution in [0, 0.1) is 29.1 Å². The van der Waals surface area contributed by atoms with E-state index in [9.17, 15) is 31.5 Å². The molecule has 5 nitrogen and oxygen atoms in total. The van der Waals surface area contributed by atoms with E-state index in [2.05, 4.69) is 10.3 Å². The summed E-state index contributed by atoms with van der Waals surface area (Å²) in [6, 6.07) is 7.07. The van der Waals surface area contributed by atoms with Gasteiger partial charge in [-0.2, -0.15) is 0 Å². The Morgan fingerprint density at radius 2 is 1.63 bits per heavy atom. The van der Waals surface area contributed by atoms with Gasteiger partial charge < -0.3 is 5.32 Å². The van der Waals surface area contributed by atoms with Crippen LogP contribution in [0.4, 0.5) is 27.8 Å². The van der Waals surface area contributed by atoms with E-state index < -0.39 is 40.2 Å². The van der Waals surface area contributed by atoms with Gasteiger partial charge in [-0.1, -0.05) is 0 Å². The zero-order chi connectivity index (χ0) is 25.3. The Bertz CT molecular complexity index is 1280. The predicted molar refractivity (Wildman–Crippen MR) is 119 cm³/mol. The number of fused-ring (bicyclic) bond motifs is 1. The lowest BCUT2D eigenvalue weighted by Gasteiger charge is -2.31. The van der Waals surface area contributed by atoms with E-state index in [0.717, 1.165) is 18.2 Å². The lowest BCUT2D eigenvalue weighted by Crippen LogP contribution is -2.40. The van der Waals surface area contributed by atoms with Crippen LogP contribution in [0.2, 0.25) is 0 Å². The summed E-state index contributed by atoms with van der Waals surface area (Å²) >= 11 is 1.23. The Labute approximate surface area is 201 Å². The highest BCUT2D eigenvalue weighted by atomic mass is 32.2. The summed E-state index contributed by atoms with van der Waals surface area (Å²) in [4.78, 5) is 31.6. The van der Waals surface area contributed by atoms with Crippen LogP contribution in [-0.4, -0.2) is 28.6 Å². The molecule has 0 aliphatic carbocycles. The Morgan fingerprint density at radius 1 is 1.00 bits per heavy atom. The van der Waals surface area contributed by atoms with Crippen LogP contribution in [0.25, 0.3) is 0 Å². The number of aromatic nitrogens is 1. The smallest absolute Gasteiger partial charge is 0.269 e. The normalized spacial score (nSPS) is 15.2. The summed E-state index contributed by atoms with van der Waals surface area (Å²) in [6.07, 6.45) is -0.224. The molecule has 182 valence electrons. The average Bonchev–Trinajstić information content (AvgIpc) is 2.77. The maximum Gasteiger partial charge on any atom is 0.269 e. The minimum Gasteiger partial charge on any atom is -0.350 e. The molecule has 0 saturated heterocycles. The zero-order valence-electron chi connectivity index (χ0n) is 18.2. The Morgan fingerprint density at radius 3 is 2.29 bits per heavy atom. The number of carbonyl (C=O) groups is 2. The van der Waals surface area contributed by atoms with Gasteiger partial charge in [-0.25, -0.2) is 26.9 Å². The van der Waals surface area contributed by atoms with Crippen molar-refractivity contribution in [3.05, 3.63) is 88.4 Å². The number of hydrogen-bond donors (Lipinski definition) is 1. The fourth-order valence-corrected chi connectivity index (χ4v) is 4.67. The van der Waals surface area contributed by atoms with Crippen LogP contribution < -0.4 is 10.2 Å². The molecule has 0 bridgehead atoms. The lowest BCUT2D eigenvalue weighted by molar-refractivity contribution is -0.118. The first-order valence-electron chi connectivity index (χ1n) is 10.5. The average molecular weight is 507 g/mol. The monoisotopic (exact) mass is 507 g/mol. The van der Waals surface area contributed by atoms with Gasteiger partial charge in [0.1, 0.15) is 40.6 Å². The molecule has 1 aliphatic rings. The Balaban J connectivity index is 1.53. The van der Waals surface area contributed by atoms with Gasteiger partial charge in [0, 0.05) is 30.3 Å². The van der Waals surface area contributed by atoms with E-state index >= 15 is 0 Å². The molecule has 4 rings (SSSR count). The van der Waals surface area contributed by atoms with Crippen LogP contribution in [0.1, 0.15) is 28.5 Å². The first kappa shape index (κ1) is 24.6. The summed E-state index contributed by atoms with van der Waals surface area (Å²) in [6.45, 7) is 1.37. The molecule has 35 heavy (non-hydrogen) atoms. The molecule has 0 spiro atoms. The van der Waals surface area contributed by atoms with Crippen molar-refractivity contribution in [2.45, 2.75) is 30.0 Å². The largest absolute Gasteiger partial charge is 0.350 e. The second kappa shape index (κ2) is 10.0. The Kier molecular flexibility index (Phi) is 7.06. The quantitative estimate of drug-likeness (QED) is 0.488. The maximum atomic E-state index is 13.8. The van der Waals surface area contributed by atoms with Gasteiger partial charge in [-0.3, -0.25) is 14.5 Å². The zero-order valence-corrected chi connectivity index (χ0v) is 19.1. The van der Waals surface area contributed by atoms with Crippen molar-refractivity contribution in [1.29, 1.82) is 0 Å². The van der Waals surface area contributed by atoms with Gasteiger partial charge in [0.15, 0.2) is 0 Å². The molecule has 2 amide bonds. The van der Waals surface area contributed by atoms with E-state index in [1.165, 1.54) is 22.7 Å². The number of nitrogens with zero attached hydrogens (tertiary/aromatic N) is 2. The van der Waals surface area contributed by atoms with Gasteiger partial charge in [-0.05, 0) is 43.2 Å². The van der Waals surface area contributed by atoms with Gasteiger partial charge >= 0.3 is 0 Å². The number of benzene rings is 2. The van der Waals surface area contributed by atoms with Crippen LogP contribution in [0.15, 0.2) is 47.4 Å². The second-order valence-corrected chi connectivity index (χ2v) is 9.22. The third-order valence-corrected chi connectivity index (χ3v) is 6.40. The van der Waals surface area contributed by atoms with Crippen molar-refractivity contribution in [3.8, 4) is 0 Å². The van der Waals surface area contributed by atoms with Gasteiger partial charge in [0.25, 0.3) is 5.91 Å². The third kappa shape index (κ3) is 5.45. The van der Waals surface area contributed by atoms with E-state index in [0.29, 0.717) is 17.0 Å². The summed E-state index contributed by atoms with van der Waals surface area (Å²) in [7, 11) is 0. The third-order valence-electron chi connectivity index (χ3n) is 5.27. The molecular formula is C24H18F5N3O2S. The number of rotatable bonds is 6. The van der Waals surface area contributed by atoms with Crippen LogP contribution in [-0.2, 0) is 17.8 Å². The fourth-order valence-electron chi connectivity index (χ4n) is 3.65. The standard InChI is InChI=1S/C24H18F5N3O2S/c1-12-24(34)32(11-13-6-14(25)8-15(26)7-13)22-21(35-12)3-2-20(31-22)23(33)30-5-4-17-18(28)9-16(27)10-19(17)29/h2-3,6-10,12H,4-5,11H2,1H3,(H,30,33). The summed E-state index contributed by atoms with van der Waals surface area (Å²) < 4.78 is 67.9. The van der Waals surface area contributed by atoms with Gasteiger partial charge in [0.05, 0.1) is 16.7 Å². The van der Waals surface area contributed by atoms with Crippen molar-refractivity contribution < 1.29 is 31.5 Å². The first-order chi connectivity index (χ1) is 16.6. The Hall–Kier alpha value is -3.47. The molecule has 1 N–H and O–H groups in total. The number of amides is 2. The molecule has 1 aliphatic heterocycles. The molecule has 2 aromatic carbocycles. The molecule has 1 atom stereocenters. The topological polar surface area (TPSA) is 62.3 Å². The van der Waals surface area contributed by atoms with Gasteiger partial charge in [0.2, 0.25) is 5.91 Å². The number of hydrogen-bond acceptors (Lipinski definition) is 4. The number of anilines is 1. The summed E-state index contributed by atoms with van der Waals surface area (Å²) in [5.74, 6) is -5.59. The predicted octanol–water partition coefficient (Wildman–Crippen LogP) is 4.78. The molecule has 0 fully saturated rings. The summed E-state index contributed by atoms with van der Waals surface area (Å²) in [5.41, 5.74) is -0.224. The van der Waals surface area contributed by atoms with Crippen molar-refractivity contribution in [2.75, 3.05) is 11.4 Å². The van der Waals surface area contributed by atoms with Crippen molar-refractivity contribution in [2.24, 2.45) is 0 Å². The fraction of sp³-hybridized carbons (Fsp3) is 0.208. The summed E-state index contributed by atoms with van der Waals surface area (Å²) in [5, 5.41) is 2.00. The van der Waals surface area contributed by atoms with Crippen LogP contribution in [0.3, 0.4) is 0 Å². The van der Waals surface area contributed by atoms with E-state index in [1.54, 1.807) is 13.0 Å². The van der Waals surface area contributed by atoms with Crippen LogP contribution >= 0.6 is 11.8 Å². The van der Waals surface area contributed by atoms with E-state index in [4.69, 9.17) is 0 Å². The number of halogens is 5. The highest BCUT2D eigenvalue weighted by Gasteiger charge is 2.33. The molecule has 1 aromatic heterocycles.